The zero-order valence-corrected chi connectivity index (χ0v) is 57.8. The summed E-state index contributed by atoms with van der Waals surface area (Å²) in [5.41, 5.74) is 28.4. The van der Waals surface area contributed by atoms with Gasteiger partial charge in [0.2, 0.25) is 11.8 Å². The van der Waals surface area contributed by atoms with Crippen LogP contribution in [-0.4, -0.2) is 150 Å². The van der Waals surface area contributed by atoms with E-state index in [1.165, 1.54) is 86.9 Å². The number of aliphatic hydroxyl groups is 1. The number of nitrogens with one attached hydrogen (secondary N) is 1. The largest absolute Gasteiger partial charge is 0.394 e. The summed E-state index contributed by atoms with van der Waals surface area (Å²) in [6, 6.07) is 10.1. The first-order chi connectivity index (χ1) is 37.4. The molecule has 1 aliphatic rings. The fourth-order valence-corrected chi connectivity index (χ4v) is 2.47. The van der Waals surface area contributed by atoms with Crippen molar-refractivity contribution in [2.24, 2.45) is 58.1 Å². The van der Waals surface area contributed by atoms with Crippen molar-refractivity contribution in [1.29, 1.82) is 0 Å². The Morgan fingerprint density at radius 1 is 0.444 bits per heavy atom. The molecule has 0 bridgehead atoms. The fraction of sp³-hybridized carbons (Fsp3) is 0.707. The number of nitrogens with two attached hydrogens (primary N) is 6. The monoisotopic (exact) mass is 1190 g/mol. The summed E-state index contributed by atoms with van der Waals surface area (Å²) < 4.78 is 0. The molecule has 0 spiro atoms. The molecule has 0 unspecified atom stereocenters. The smallest absolute Gasteiger partial charge is 0.244 e. The van der Waals surface area contributed by atoms with Crippen molar-refractivity contribution < 1.29 is 57.8 Å². The van der Waals surface area contributed by atoms with Gasteiger partial charge in [0.05, 0.1) is 0 Å². The summed E-state index contributed by atoms with van der Waals surface area (Å²) >= 11 is 0. The third-order valence-corrected chi connectivity index (χ3v) is 6.97. The molecule has 23 heteroatoms. The molecule has 1 aromatic rings. The number of aliphatic hydroxyl groups excluding tert-OH is 1. The maximum atomic E-state index is 11.7. The molecule has 0 saturated carbocycles. The van der Waals surface area contributed by atoms with E-state index in [9.17, 15) is 9.59 Å². The van der Waals surface area contributed by atoms with E-state index >= 15 is 0 Å². The summed E-state index contributed by atoms with van der Waals surface area (Å²) in [6.45, 7) is 59.0. The van der Waals surface area contributed by atoms with Crippen molar-refractivity contribution >= 4 is 72.9 Å². The van der Waals surface area contributed by atoms with Gasteiger partial charge in [0.1, 0.15) is 67.1 Å². The minimum Gasteiger partial charge on any atom is -0.394 e. The van der Waals surface area contributed by atoms with Crippen molar-refractivity contribution in [3.63, 3.8) is 0 Å². The molecule has 1 saturated heterocycles. The highest BCUT2D eigenvalue weighted by atomic mass is 16.3. The Labute approximate surface area is 502 Å². The lowest BCUT2D eigenvalue weighted by Crippen LogP contribution is -2.47. The molecule has 23 N–H and O–H groups in total. The number of likely N-dealkylation sites (tertiary alicyclic amines) is 1. The lowest BCUT2D eigenvalue weighted by Gasteiger charge is -2.29. The molecule has 2 rings (SSSR count). The third kappa shape index (κ3) is 369. The van der Waals surface area contributed by atoms with Crippen LogP contribution in [0.1, 0.15) is 182 Å². The maximum Gasteiger partial charge on any atom is 0.244 e. The Hall–Kier alpha value is -5.21. The van der Waals surface area contributed by atoms with E-state index < -0.39 is 0 Å². The molecular formula is C58H147N11O12. The number of nitrogens with zero attached hydrogens (tertiary/aromatic N) is 1. The summed E-state index contributed by atoms with van der Waals surface area (Å²) in [4.78, 5) is 96.3. The zero-order valence-electron chi connectivity index (χ0n) is 57.8. The van der Waals surface area contributed by atoms with Gasteiger partial charge in [-0.25, -0.2) is 0 Å². The van der Waals surface area contributed by atoms with Crippen molar-refractivity contribution in [3.8, 4) is 0 Å². The van der Waals surface area contributed by atoms with Crippen LogP contribution in [0.15, 0.2) is 30.3 Å². The first kappa shape index (κ1) is 158. The molecule has 0 aromatic heterocycles. The average Bonchev–Trinajstić information content (AvgIpc) is 3.53. The molecule has 81 heavy (non-hydrogen) atoms. The number of piperidine rings is 1. The molecule has 0 radical (unpaired) electrons. The second kappa shape index (κ2) is 245. The number of amides is 2. The van der Waals surface area contributed by atoms with Gasteiger partial charge in [-0.1, -0.05) is 160 Å². The van der Waals surface area contributed by atoms with Crippen molar-refractivity contribution in [2.75, 3.05) is 55.4 Å². The quantitative estimate of drug-likeness (QED) is 0.122. The van der Waals surface area contributed by atoms with Crippen LogP contribution in [0.3, 0.4) is 0 Å². The van der Waals surface area contributed by atoms with E-state index in [0.29, 0.717) is 0 Å². The molecule has 0 aliphatic carbocycles. The predicted molar refractivity (Wildman–Crippen MR) is 359 cm³/mol. The van der Waals surface area contributed by atoms with Crippen LogP contribution >= 0.6 is 0 Å². The fourth-order valence-electron chi connectivity index (χ4n) is 2.47. The van der Waals surface area contributed by atoms with Crippen LogP contribution in [0.25, 0.3) is 0 Å². The SMILES string of the molecule is C=O.C=O.C=O.C=O.C=O.C=O.C=O.C=O.C=O.CC.CC(=O)N[C@@H](C)C(=O)N1CCCCC1.CC(C)O.CCC(C)C.CCC(C)C.CCC(C)C.CCC(C)C.CCc1ccccc1.CN.CN.CN.CN.CN.CN.N.N.N. The number of aryl methyl sites for hydroxylation is 1. The van der Waals surface area contributed by atoms with Gasteiger partial charge >= 0.3 is 0 Å². The second-order valence-electron chi connectivity index (χ2n) is 13.9. The minimum absolute atomic E-state index is 0. The molecular weight excluding hydrogens is 1040 g/mol. The van der Waals surface area contributed by atoms with E-state index in [0.717, 1.165) is 56.0 Å². The molecule has 1 fully saturated rings. The van der Waals surface area contributed by atoms with Crippen LogP contribution in [0.4, 0.5) is 0 Å². The number of hydrogen-bond acceptors (Lipinski definition) is 21. The second-order valence-corrected chi connectivity index (χ2v) is 13.9. The molecule has 23 nitrogen and oxygen atoms in total. The van der Waals surface area contributed by atoms with Crippen LogP contribution < -0.4 is 58.2 Å². The lowest BCUT2D eigenvalue weighted by molar-refractivity contribution is -0.136. The van der Waals surface area contributed by atoms with Gasteiger partial charge in [-0.3, -0.25) is 9.59 Å². The van der Waals surface area contributed by atoms with Crippen molar-refractivity contribution in [1.82, 2.24) is 28.7 Å². The highest BCUT2D eigenvalue weighted by Gasteiger charge is 2.22. The van der Waals surface area contributed by atoms with Gasteiger partial charge in [0, 0.05) is 26.1 Å². The highest BCUT2D eigenvalue weighted by Crippen LogP contribution is 2.09. The van der Waals surface area contributed by atoms with Crippen LogP contribution in [0.5, 0.6) is 0 Å². The van der Waals surface area contributed by atoms with Crippen LogP contribution in [0, 0.1) is 23.7 Å². The van der Waals surface area contributed by atoms with Gasteiger partial charge in [-0.2, -0.15) is 0 Å². The molecule has 2 amide bonds. The summed E-state index contributed by atoms with van der Waals surface area (Å²) in [7, 11) is 9.00. The van der Waals surface area contributed by atoms with Gasteiger partial charge in [0.25, 0.3) is 0 Å². The highest BCUT2D eigenvalue weighted by molar-refractivity contribution is 5.86. The standard InChI is InChI=1S/C10H18N2O2.C8H10.4C5H12.C3H8O.C2H6.6CH5N.9CH2O.3H3N/c1-8(11-9(2)13)10(14)12-6-4-3-5-7-12;1-2-8-6-4-3-5-7-8;4*1-4-5(2)3;1-3(2)4;16*1-2;;;/h8H,3-7H2,1-2H3,(H,11,13);3-7H,2H2,1H3;4*5H,4H2,1-3H3;3-4H,1-2H3;1-2H3;6*2H2,1H3;9*1H2;3*1H3/t8-;;;;;;;;;;;;;;;;;;;;;;;;;/m0........................./s1. The van der Waals surface area contributed by atoms with Gasteiger partial charge < -0.3 is 111 Å². The first-order valence-electron chi connectivity index (χ1n) is 25.7. The summed E-state index contributed by atoms with van der Waals surface area (Å²) in [6.07, 6.45) is 9.57. The third-order valence-electron chi connectivity index (χ3n) is 6.97. The summed E-state index contributed by atoms with van der Waals surface area (Å²) in [5, 5.41) is 10.7. The predicted octanol–water partition coefficient (Wildman–Crippen LogP) is 8.67. The maximum absolute atomic E-state index is 11.7. The van der Waals surface area contributed by atoms with E-state index in [1.807, 2.05) is 85.9 Å². The normalized spacial score (nSPS) is 7.94. The van der Waals surface area contributed by atoms with Crippen LogP contribution in [-0.2, 0) is 59.2 Å². The van der Waals surface area contributed by atoms with Crippen molar-refractivity contribution in [3.05, 3.63) is 35.9 Å². The van der Waals surface area contributed by atoms with Crippen molar-refractivity contribution in [2.45, 2.75) is 195 Å². The van der Waals surface area contributed by atoms with Gasteiger partial charge in [-0.05, 0) is 118 Å². The zero-order chi connectivity index (χ0) is 69.1. The molecule has 1 atom stereocenters. The summed E-state index contributed by atoms with van der Waals surface area (Å²) in [5.74, 6) is 3.43. The molecule has 506 valence electrons. The molecule has 1 aromatic carbocycles. The number of carbonyl (C=O) groups is 11. The average molecular weight is 1190 g/mol. The Balaban J connectivity index is -0.0000000200. The Morgan fingerprint density at radius 2 is 0.617 bits per heavy atom. The van der Waals surface area contributed by atoms with Gasteiger partial charge in [0.15, 0.2) is 0 Å². The van der Waals surface area contributed by atoms with E-state index in [4.69, 9.17) is 48.3 Å². The Morgan fingerprint density at radius 3 is 0.741 bits per heavy atom. The number of carbonyl (C=O) groups excluding carboxylic acids is 11. The van der Waals surface area contributed by atoms with Crippen LogP contribution in [0.2, 0.25) is 0 Å². The van der Waals surface area contributed by atoms with Gasteiger partial charge in [-0.15, -0.1) is 0 Å². The topological polar surface area (TPSA) is 484 Å². The molecule has 1 aliphatic heterocycles. The number of hydrogen-bond donors (Lipinski definition) is 11. The lowest BCUT2D eigenvalue weighted by atomic mass is 10.1. The number of benzene rings is 1. The van der Waals surface area contributed by atoms with E-state index in [-0.39, 0.29) is 42.4 Å². The minimum atomic E-state index is -0.384. The first-order valence-corrected chi connectivity index (χ1v) is 25.7. The number of rotatable bonds is 7. The van der Waals surface area contributed by atoms with E-state index in [1.54, 1.807) is 20.8 Å². The molecule has 1 heterocycles. The van der Waals surface area contributed by atoms with E-state index in [2.05, 4.69) is 154 Å². The Kier molecular flexibility index (Phi) is 478. The Bertz CT molecular complexity index is 861.